The van der Waals surface area contributed by atoms with Crippen LogP contribution in [0.2, 0.25) is 0 Å². The van der Waals surface area contributed by atoms with E-state index < -0.39 is 0 Å². The zero-order valence-electron chi connectivity index (χ0n) is 6.56. The van der Waals surface area contributed by atoms with Gasteiger partial charge in [-0.3, -0.25) is 0 Å². The molecule has 0 unspecified atom stereocenters. The third kappa shape index (κ3) is 1.15. The first-order valence-electron chi connectivity index (χ1n) is 3.66. The van der Waals surface area contributed by atoms with Gasteiger partial charge in [-0.2, -0.15) is 0 Å². The van der Waals surface area contributed by atoms with E-state index in [0.29, 0.717) is 11.3 Å². The smallest absolute Gasteiger partial charge is 0.350 e. The molecule has 5 nitrogen and oxygen atoms in total. The van der Waals surface area contributed by atoms with E-state index in [-0.39, 0.29) is 17.4 Å². The number of nitrogens with zero attached hydrogens (tertiary/aromatic N) is 1. The Bertz CT molecular complexity index is 412. The number of carbonyl (C=O) groups is 1. The Morgan fingerprint density at radius 1 is 1.23 bits per heavy atom. The minimum atomic E-state index is -0.308. The molecule has 1 aromatic carbocycles. The van der Waals surface area contributed by atoms with Gasteiger partial charge >= 0.3 is 5.91 Å². The second-order valence-corrected chi connectivity index (χ2v) is 2.67. The zero-order valence-corrected chi connectivity index (χ0v) is 6.56. The number of aromatic hydroxyl groups is 2. The van der Waals surface area contributed by atoms with Gasteiger partial charge in [-0.25, -0.2) is 15.1 Å². The fourth-order valence-corrected chi connectivity index (χ4v) is 1.15. The summed E-state index contributed by atoms with van der Waals surface area (Å²) in [5.41, 5.74) is 0.681. The van der Waals surface area contributed by atoms with Crippen molar-refractivity contribution in [3.63, 3.8) is 0 Å². The molecule has 2 rings (SSSR count). The molecule has 5 heteroatoms. The lowest BCUT2D eigenvalue weighted by Gasteiger charge is -2.06. The Balaban J connectivity index is 2.67. The molecule has 1 amide bonds. The van der Waals surface area contributed by atoms with Crippen molar-refractivity contribution in [2.24, 2.45) is 4.99 Å². The number of amides is 1. The van der Waals surface area contributed by atoms with Crippen LogP contribution in [0.4, 0.5) is 5.69 Å². The van der Waals surface area contributed by atoms with E-state index in [1.54, 1.807) is 0 Å². The maximum Gasteiger partial charge on any atom is 0.350 e. The van der Waals surface area contributed by atoms with E-state index in [2.05, 4.69) is 4.99 Å². The summed E-state index contributed by atoms with van der Waals surface area (Å²) in [7, 11) is 0. The number of hydrogen-bond acceptors (Lipinski definition) is 4. The lowest BCUT2D eigenvalue weighted by molar-refractivity contribution is -0.420. The normalized spacial score (nSPS) is 14.3. The SMILES string of the molecule is O=C1[NH2+]C=Nc2cc(O)c(O)cc21. The molecule has 1 aliphatic heterocycles. The third-order valence-electron chi connectivity index (χ3n) is 1.80. The van der Waals surface area contributed by atoms with Crippen molar-refractivity contribution < 1.29 is 20.3 Å². The summed E-state index contributed by atoms with van der Waals surface area (Å²) < 4.78 is 0. The fraction of sp³-hybridized carbons (Fsp3) is 0. The number of phenolic OH excluding ortho intramolecular Hbond substituents is 2. The highest BCUT2D eigenvalue weighted by Gasteiger charge is 2.20. The van der Waals surface area contributed by atoms with Gasteiger partial charge in [0.1, 0.15) is 5.56 Å². The molecule has 0 aliphatic carbocycles. The molecule has 0 atom stereocenters. The molecule has 0 bridgehead atoms. The van der Waals surface area contributed by atoms with Gasteiger partial charge in [-0.15, -0.1) is 0 Å². The molecule has 1 heterocycles. The number of primary amides is 1. The number of fused-ring (bicyclic) bond motifs is 1. The van der Waals surface area contributed by atoms with Crippen LogP contribution in [0.5, 0.6) is 11.5 Å². The van der Waals surface area contributed by atoms with Gasteiger partial charge in [0.25, 0.3) is 0 Å². The minimum absolute atomic E-state index is 0.222. The summed E-state index contributed by atoms with van der Waals surface area (Å²) in [5, 5.41) is 19.5. The summed E-state index contributed by atoms with van der Waals surface area (Å²) in [5.74, 6) is -0.802. The Labute approximate surface area is 73.4 Å². The number of nitrogens with two attached hydrogens (primary N) is 1. The van der Waals surface area contributed by atoms with Gasteiger partial charge in [-0.05, 0) is 0 Å². The predicted molar refractivity (Wildman–Crippen MR) is 44.2 cm³/mol. The predicted octanol–water partition coefficient (Wildman–Crippen LogP) is -0.525. The lowest BCUT2D eigenvalue weighted by atomic mass is 10.1. The first-order chi connectivity index (χ1) is 6.18. The molecule has 0 saturated heterocycles. The quantitative estimate of drug-likeness (QED) is 0.468. The molecule has 0 spiro atoms. The van der Waals surface area contributed by atoms with E-state index in [4.69, 9.17) is 10.2 Å². The molecule has 0 fully saturated rings. The van der Waals surface area contributed by atoms with Crippen molar-refractivity contribution in [3.8, 4) is 11.5 Å². The van der Waals surface area contributed by atoms with Crippen LogP contribution in [-0.4, -0.2) is 22.5 Å². The van der Waals surface area contributed by atoms with Crippen LogP contribution >= 0.6 is 0 Å². The molecule has 0 saturated carbocycles. The second kappa shape index (κ2) is 2.56. The maximum absolute atomic E-state index is 11.2. The summed E-state index contributed by atoms with van der Waals surface area (Å²) in [6, 6.07) is 2.46. The van der Waals surface area contributed by atoms with E-state index in [1.807, 2.05) is 0 Å². The van der Waals surface area contributed by atoms with Crippen molar-refractivity contribution in [2.75, 3.05) is 0 Å². The topological polar surface area (TPSA) is 86.5 Å². The van der Waals surface area contributed by atoms with Crippen LogP contribution in [-0.2, 0) is 0 Å². The first kappa shape index (κ1) is 7.75. The van der Waals surface area contributed by atoms with Crippen LogP contribution in [0.3, 0.4) is 0 Å². The van der Waals surface area contributed by atoms with Crippen LogP contribution in [0.1, 0.15) is 10.4 Å². The molecular weight excluding hydrogens is 172 g/mol. The van der Waals surface area contributed by atoms with Crippen molar-refractivity contribution in [3.05, 3.63) is 17.7 Å². The highest BCUT2D eigenvalue weighted by Crippen LogP contribution is 2.32. The highest BCUT2D eigenvalue weighted by molar-refractivity contribution is 5.98. The van der Waals surface area contributed by atoms with Crippen molar-refractivity contribution in [1.82, 2.24) is 0 Å². The summed E-state index contributed by atoms with van der Waals surface area (Å²) >= 11 is 0. The van der Waals surface area contributed by atoms with Crippen LogP contribution in [0.15, 0.2) is 17.1 Å². The summed E-state index contributed by atoms with van der Waals surface area (Å²) in [6.45, 7) is 0. The van der Waals surface area contributed by atoms with E-state index >= 15 is 0 Å². The van der Waals surface area contributed by atoms with Gasteiger partial charge in [0.2, 0.25) is 0 Å². The average Bonchev–Trinajstić information content (AvgIpc) is 2.09. The molecule has 0 radical (unpaired) electrons. The first-order valence-corrected chi connectivity index (χ1v) is 3.66. The number of benzene rings is 1. The molecule has 13 heavy (non-hydrogen) atoms. The Morgan fingerprint density at radius 3 is 2.69 bits per heavy atom. The standard InChI is InChI=1S/C8H6N2O3/c11-6-1-4-5(2-7(6)12)9-3-10-8(4)13/h1-3,11-12H,(H,9,10,13)/p+1. The monoisotopic (exact) mass is 179 g/mol. The summed E-state index contributed by atoms with van der Waals surface area (Å²) in [4.78, 5) is 15.1. The van der Waals surface area contributed by atoms with Crippen molar-refractivity contribution >= 4 is 17.9 Å². The Morgan fingerprint density at radius 2 is 1.92 bits per heavy atom. The third-order valence-corrected chi connectivity index (χ3v) is 1.80. The molecule has 0 aromatic heterocycles. The summed E-state index contributed by atoms with van der Waals surface area (Å²) in [6.07, 6.45) is 1.36. The van der Waals surface area contributed by atoms with Crippen molar-refractivity contribution in [1.29, 1.82) is 0 Å². The Kier molecular flexibility index (Phi) is 1.53. The average molecular weight is 179 g/mol. The number of carbonyl (C=O) groups excluding carboxylic acids is 1. The molecule has 4 N–H and O–H groups in total. The molecule has 1 aliphatic rings. The number of phenols is 2. The molecular formula is C8H7N2O3+. The number of quaternary nitrogens is 1. The van der Waals surface area contributed by atoms with Crippen LogP contribution < -0.4 is 5.32 Å². The zero-order chi connectivity index (χ0) is 9.42. The number of rotatable bonds is 0. The van der Waals surface area contributed by atoms with E-state index in [9.17, 15) is 4.79 Å². The fourth-order valence-electron chi connectivity index (χ4n) is 1.15. The van der Waals surface area contributed by atoms with E-state index in [1.165, 1.54) is 23.8 Å². The second-order valence-electron chi connectivity index (χ2n) is 2.67. The minimum Gasteiger partial charge on any atom is -0.504 e. The van der Waals surface area contributed by atoms with Crippen LogP contribution in [0.25, 0.3) is 0 Å². The highest BCUT2D eigenvalue weighted by atomic mass is 16.3. The molecule has 66 valence electrons. The van der Waals surface area contributed by atoms with Crippen LogP contribution in [0, 0.1) is 0 Å². The maximum atomic E-state index is 11.2. The van der Waals surface area contributed by atoms with Gasteiger partial charge in [0.15, 0.2) is 17.8 Å². The van der Waals surface area contributed by atoms with Gasteiger partial charge in [0.05, 0.1) is 5.69 Å². The van der Waals surface area contributed by atoms with Gasteiger partial charge in [-0.1, -0.05) is 0 Å². The van der Waals surface area contributed by atoms with Crippen molar-refractivity contribution in [2.45, 2.75) is 0 Å². The Hall–Kier alpha value is -1.88. The van der Waals surface area contributed by atoms with Gasteiger partial charge in [0, 0.05) is 12.1 Å². The van der Waals surface area contributed by atoms with E-state index in [0.717, 1.165) is 0 Å². The number of hydrogen-bond donors (Lipinski definition) is 3. The molecule has 1 aromatic rings. The largest absolute Gasteiger partial charge is 0.504 e. The lowest BCUT2D eigenvalue weighted by Crippen LogP contribution is -2.87. The van der Waals surface area contributed by atoms with Gasteiger partial charge < -0.3 is 10.2 Å². The number of aliphatic imine (C=N–C) groups is 1.